The molecule has 0 radical (unpaired) electrons. The fourth-order valence-electron chi connectivity index (χ4n) is 2.83. The number of aryl methyl sites for hydroxylation is 1. The first-order valence-electron chi connectivity index (χ1n) is 9.36. The number of amides is 1. The van der Waals surface area contributed by atoms with Crippen LogP contribution in [0.2, 0.25) is 0 Å². The number of carbonyl (C=O) groups excluding carboxylic acids is 1. The van der Waals surface area contributed by atoms with Crippen LogP contribution in [0.1, 0.15) is 18.4 Å². The van der Waals surface area contributed by atoms with Crippen molar-refractivity contribution in [3.05, 3.63) is 90.5 Å². The van der Waals surface area contributed by atoms with Crippen molar-refractivity contribution in [3.63, 3.8) is 0 Å². The zero-order chi connectivity index (χ0) is 20.7. The van der Waals surface area contributed by atoms with Gasteiger partial charge in [0.2, 0.25) is 5.91 Å². The molecule has 3 rings (SSSR count). The molecule has 5 nitrogen and oxygen atoms in total. The first-order valence-corrected chi connectivity index (χ1v) is 10.8. The van der Waals surface area contributed by atoms with E-state index >= 15 is 0 Å². The van der Waals surface area contributed by atoms with Gasteiger partial charge in [-0.05, 0) is 49.7 Å². The number of sulfonamides is 1. The number of para-hydroxylation sites is 1. The summed E-state index contributed by atoms with van der Waals surface area (Å²) in [6.07, 6.45) is 0.452. The number of rotatable bonds is 8. The molecule has 150 valence electrons. The molecule has 0 fully saturated rings. The zero-order valence-electron chi connectivity index (χ0n) is 16.2. The third-order valence-electron chi connectivity index (χ3n) is 4.32. The normalized spacial score (nSPS) is 11.1. The first-order chi connectivity index (χ1) is 14.0. The van der Waals surface area contributed by atoms with Crippen molar-refractivity contribution in [2.24, 2.45) is 0 Å². The van der Waals surface area contributed by atoms with E-state index in [2.05, 4.69) is 0 Å². The van der Waals surface area contributed by atoms with E-state index in [1.807, 2.05) is 31.2 Å². The summed E-state index contributed by atoms with van der Waals surface area (Å²) >= 11 is 0. The molecule has 0 aliphatic rings. The summed E-state index contributed by atoms with van der Waals surface area (Å²) in [5, 5.41) is 0. The molecule has 3 aromatic rings. The zero-order valence-corrected chi connectivity index (χ0v) is 17.0. The molecule has 0 unspecified atom stereocenters. The average molecular weight is 410 g/mol. The van der Waals surface area contributed by atoms with Crippen molar-refractivity contribution in [2.75, 3.05) is 10.9 Å². The summed E-state index contributed by atoms with van der Waals surface area (Å²) in [5.41, 5.74) is 1.46. The maximum Gasteiger partial charge on any atom is 0.270 e. The van der Waals surface area contributed by atoms with Gasteiger partial charge in [0.05, 0.1) is 17.2 Å². The lowest BCUT2D eigenvalue weighted by Crippen LogP contribution is -2.37. The van der Waals surface area contributed by atoms with Crippen LogP contribution in [0, 0.1) is 6.92 Å². The number of hydrogen-bond donors (Lipinski definition) is 0. The average Bonchev–Trinajstić information content (AvgIpc) is 2.74. The monoisotopic (exact) mass is 409 g/mol. The van der Waals surface area contributed by atoms with Gasteiger partial charge >= 0.3 is 0 Å². The lowest BCUT2D eigenvalue weighted by Gasteiger charge is -2.22. The minimum Gasteiger partial charge on any atom is -0.494 e. The summed E-state index contributed by atoms with van der Waals surface area (Å²) in [6, 6.07) is 24.0. The highest BCUT2D eigenvalue weighted by molar-refractivity contribution is 7.93. The molecule has 0 spiro atoms. The first kappa shape index (κ1) is 20.6. The van der Waals surface area contributed by atoms with Gasteiger partial charge in [0.1, 0.15) is 5.75 Å². The van der Waals surface area contributed by atoms with Gasteiger partial charge in [0.25, 0.3) is 10.0 Å². The smallest absolute Gasteiger partial charge is 0.270 e. The van der Waals surface area contributed by atoms with Crippen LogP contribution < -0.4 is 9.04 Å². The van der Waals surface area contributed by atoms with Crippen molar-refractivity contribution < 1.29 is 17.9 Å². The number of ether oxygens (including phenoxy) is 1. The quantitative estimate of drug-likeness (QED) is 0.511. The molecule has 0 heterocycles. The Hall–Kier alpha value is -3.12. The van der Waals surface area contributed by atoms with Gasteiger partial charge in [-0.2, -0.15) is 0 Å². The van der Waals surface area contributed by atoms with Crippen molar-refractivity contribution in [1.29, 1.82) is 0 Å². The minimum atomic E-state index is -4.00. The molecule has 1 amide bonds. The lowest BCUT2D eigenvalue weighted by atomic mass is 10.2. The number of nitrogens with zero attached hydrogens (tertiary/aromatic N) is 1. The van der Waals surface area contributed by atoms with Crippen molar-refractivity contribution in [3.8, 4) is 5.75 Å². The number of anilines is 1. The minimum absolute atomic E-state index is 0.0484. The summed E-state index contributed by atoms with van der Waals surface area (Å²) in [6.45, 7) is 2.32. The fourth-order valence-corrected chi connectivity index (χ4v) is 4.30. The molecular weight excluding hydrogens is 386 g/mol. The van der Waals surface area contributed by atoms with Gasteiger partial charge in [-0.15, -0.1) is 0 Å². The maximum atomic E-state index is 13.1. The Kier molecular flexibility index (Phi) is 6.67. The predicted octanol–water partition coefficient (Wildman–Crippen LogP) is 4.58. The van der Waals surface area contributed by atoms with Crippen LogP contribution in [0.3, 0.4) is 0 Å². The number of carbonyl (C=O) groups is 1. The molecule has 0 aromatic heterocycles. The largest absolute Gasteiger partial charge is 0.494 e. The van der Waals surface area contributed by atoms with Gasteiger partial charge in [-0.25, -0.2) is 12.7 Å². The van der Waals surface area contributed by atoms with E-state index in [0.717, 1.165) is 15.6 Å². The molecule has 0 aliphatic heterocycles. The van der Waals surface area contributed by atoms with E-state index in [-0.39, 0.29) is 11.3 Å². The van der Waals surface area contributed by atoms with E-state index < -0.39 is 15.9 Å². The van der Waals surface area contributed by atoms with Crippen LogP contribution >= 0.6 is 0 Å². The molecule has 3 aromatic carbocycles. The van der Waals surface area contributed by atoms with Gasteiger partial charge in [-0.1, -0.05) is 54.1 Å². The maximum absolute atomic E-state index is 13.1. The summed E-state index contributed by atoms with van der Waals surface area (Å²) < 4.78 is 32.8. The Morgan fingerprint density at radius 3 is 2.07 bits per heavy atom. The Morgan fingerprint density at radius 1 is 0.862 bits per heavy atom. The number of hydrogen-bond acceptors (Lipinski definition) is 4. The van der Waals surface area contributed by atoms with E-state index in [9.17, 15) is 13.2 Å². The van der Waals surface area contributed by atoms with E-state index in [0.29, 0.717) is 18.7 Å². The van der Waals surface area contributed by atoms with Crippen molar-refractivity contribution in [1.82, 2.24) is 0 Å². The molecule has 0 N–H and O–H groups in total. The van der Waals surface area contributed by atoms with E-state index in [4.69, 9.17) is 4.74 Å². The Morgan fingerprint density at radius 2 is 1.45 bits per heavy atom. The molecule has 0 atom stereocenters. The van der Waals surface area contributed by atoms with Gasteiger partial charge in [0.15, 0.2) is 0 Å². The standard InChI is InChI=1S/C23H23NO4S/c1-19-14-16-21(17-15-19)28-18-8-13-23(25)24(20-9-4-2-5-10-20)29(26,27)22-11-6-3-7-12-22/h2-7,9-12,14-17H,8,13,18H2,1H3. The van der Waals surface area contributed by atoms with Gasteiger partial charge < -0.3 is 4.74 Å². The molecular formula is C23H23NO4S. The third-order valence-corrected chi connectivity index (χ3v) is 6.09. The van der Waals surface area contributed by atoms with Crippen LogP contribution in [0.25, 0.3) is 0 Å². The molecule has 0 saturated carbocycles. The highest BCUT2D eigenvalue weighted by Crippen LogP contribution is 2.24. The Labute approximate surface area is 171 Å². The third kappa shape index (κ3) is 5.23. The summed E-state index contributed by atoms with van der Waals surface area (Å²) in [4.78, 5) is 13.0. The van der Waals surface area contributed by atoms with E-state index in [1.54, 1.807) is 48.5 Å². The van der Waals surface area contributed by atoms with Crippen LogP contribution in [-0.2, 0) is 14.8 Å². The van der Waals surface area contributed by atoms with Crippen LogP contribution in [-0.4, -0.2) is 20.9 Å². The topological polar surface area (TPSA) is 63.7 Å². The molecule has 29 heavy (non-hydrogen) atoms. The Balaban J connectivity index is 1.72. The molecule has 0 bridgehead atoms. The fraction of sp³-hybridized carbons (Fsp3) is 0.174. The van der Waals surface area contributed by atoms with Gasteiger partial charge in [-0.3, -0.25) is 4.79 Å². The second kappa shape index (κ2) is 9.39. The van der Waals surface area contributed by atoms with Crippen molar-refractivity contribution in [2.45, 2.75) is 24.7 Å². The van der Waals surface area contributed by atoms with E-state index in [1.165, 1.54) is 12.1 Å². The number of benzene rings is 3. The molecule has 6 heteroatoms. The van der Waals surface area contributed by atoms with Crippen LogP contribution in [0.15, 0.2) is 89.8 Å². The van der Waals surface area contributed by atoms with Crippen LogP contribution in [0.5, 0.6) is 5.75 Å². The summed E-state index contributed by atoms with van der Waals surface area (Å²) in [7, 11) is -4.00. The predicted molar refractivity (Wildman–Crippen MR) is 113 cm³/mol. The highest BCUT2D eigenvalue weighted by atomic mass is 32.2. The SMILES string of the molecule is Cc1ccc(OCCCC(=O)N(c2ccccc2)S(=O)(=O)c2ccccc2)cc1. The Bertz CT molecular complexity index is 1030. The second-order valence-electron chi connectivity index (χ2n) is 6.58. The summed E-state index contributed by atoms with van der Waals surface area (Å²) in [5.74, 6) is 0.229. The van der Waals surface area contributed by atoms with Crippen LogP contribution in [0.4, 0.5) is 5.69 Å². The van der Waals surface area contributed by atoms with Gasteiger partial charge in [0, 0.05) is 6.42 Å². The molecule has 0 saturated heterocycles. The lowest BCUT2D eigenvalue weighted by molar-refractivity contribution is -0.117. The van der Waals surface area contributed by atoms with Crippen molar-refractivity contribution >= 4 is 21.6 Å². The highest BCUT2D eigenvalue weighted by Gasteiger charge is 2.30. The second-order valence-corrected chi connectivity index (χ2v) is 8.36. The molecule has 0 aliphatic carbocycles.